The van der Waals surface area contributed by atoms with E-state index in [-0.39, 0.29) is 30.1 Å². The highest BCUT2D eigenvalue weighted by molar-refractivity contribution is 5.81. The first kappa shape index (κ1) is 15.6. The molecular formula is C15H21NO5. The first-order valence-corrected chi connectivity index (χ1v) is 7.29. The molecule has 116 valence electrons. The Balaban J connectivity index is 1.92. The zero-order valence-electron chi connectivity index (χ0n) is 12.1. The summed E-state index contributed by atoms with van der Waals surface area (Å²) < 4.78 is 10.4. The molecule has 0 saturated heterocycles. The molecule has 1 atom stereocenters. The Kier molecular flexibility index (Phi) is 5.38. The summed E-state index contributed by atoms with van der Waals surface area (Å²) in [5.74, 6) is -0.0994. The van der Waals surface area contributed by atoms with Gasteiger partial charge in [-0.15, -0.1) is 0 Å². The predicted octanol–water partition coefficient (Wildman–Crippen LogP) is 1.35. The molecule has 6 heteroatoms. The summed E-state index contributed by atoms with van der Waals surface area (Å²) >= 11 is 0. The van der Waals surface area contributed by atoms with E-state index >= 15 is 0 Å². The van der Waals surface area contributed by atoms with Crippen molar-refractivity contribution in [2.24, 2.45) is 0 Å². The van der Waals surface area contributed by atoms with Crippen molar-refractivity contribution < 1.29 is 19.1 Å². The number of amides is 1. The fourth-order valence-electron chi connectivity index (χ4n) is 2.42. The number of ether oxygens (including phenoxy) is 1. The molecule has 0 aromatic carbocycles. The normalized spacial score (nSPS) is 17.2. The van der Waals surface area contributed by atoms with E-state index in [1.54, 1.807) is 6.92 Å². The molecule has 1 aliphatic carbocycles. The van der Waals surface area contributed by atoms with E-state index in [1.807, 2.05) is 0 Å². The van der Waals surface area contributed by atoms with Crippen LogP contribution in [0.3, 0.4) is 0 Å². The van der Waals surface area contributed by atoms with Gasteiger partial charge in [0.1, 0.15) is 18.6 Å². The summed E-state index contributed by atoms with van der Waals surface area (Å²) in [6, 6.07) is 1.35. The van der Waals surface area contributed by atoms with Gasteiger partial charge in [0.2, 0.25) is 11.2 Å². The molecule has 1 heterocycles. The minimum atomic E-state index is -0.769. The number of hydrogen-bond donors (Lipinski definition) is 2. The maximum atomic E-state index is 12.0. The molecule has 1 fully saturated rings. The Morgan fingerprint density at radius 2 is 2.19 bits per heavy atom. The number of aliphatic hydroxyl groups is 1. The Morgan fingerprint density at radius 1 is 1.48 bits per heavy atom. The summed E-state index contributed by atoms with van der Waals surface area (Å²) in [5.41, 5.74) is -0.414. The molecule has 1 saturated carbocycles. The van der Waals surface area contributed by atoms with Crippen LogP contribution in [0.2, 0.25) is 0 Å². The zero-order valence-corrected chi connectivity index (χ0v) is 12.1. The minimum absolute atomic E-state index is 0.0292. The van der Waals surface area contributed by atoms with Crippen LogP contribution in [0.1, 0.15) is 44.8 Å². The lowest BCUT2D eigenvalue weighted by Gasteiger charge is -2.24. The third-order valence-corrected chi connectivity index (χ3v) is 3.63. The average Bonchev–Trinajstić information content (AvgIpc) is 2.50. The van der Waals surface area contributed by atoms with E-state index in [4.69, 9.17) is 14.3 Å². The highest BCUT2D eigenvalue weighted by Crippen LogP contribution is 2.17. The number of rotatable bonds is 5. The van der Waals surface area contributed by atoms with Crippen LogP contribution in [-0.2, 0) is 11.4 Å². The van der Waals surface area contributed by atoms with Crippen molar-refractivity contribution in [1.82, 2.24) is 5.32 Å². The third kappa shape index (κ3) is 4.32. The third-order valence-electron chi connectivity index (χ3n) is 3.63. The smallest absolute Gasteiger partial charge is 0.261 e. The molecular weight excluding hydrogens is 274 g/mol. The van der Waals surface area contributed by atoms with Crippen LogP contribution in [0.4, 0.5) is 0 Å². The second-order valence-corrected chi connectivity index (χ2v) is 5.34. The van der Waals surface area contributed by atoms with Gasteiger partial charge in [-0.2, -0.15) is 0 Å². The lowest BCUT2D eigenvalue weighted by Crippen LogP contribution is -2.43. The van der Waals surface area contributed by atoms with E-state index in [1.165, 1.54) is 6.42 Å². The van der Waals surface area contributed by atoms with Gasteiger partial charge in [-0.3, -0.25) is 9.59 Å². The lowest BCUT2D eigenvalue weighted by atomic mass is 9.95. The first-order chi connectivity index (χ1) is 10.1. The van der Waals surface area contributed by atoms with Gasteiger partial charge in [-0.05, 0) is 19.8 Å². The van der Waals surface area contributed by atoms with Crippen molar-refractivity contribution in [3.05, 3.63) is 28.3 Å². The van der Waals surface area contributed by atoms with Crippen molar-refractivity contribution in [2.45, 2.75) is 57.8 Å². The van der Waals surface area contributed by atoms with Gasteiger partial charge in [0, 0.05) is 12.1 Å². The average molecular weight is 295 g/mol. The molecule has 0 spiro atoms. The molecule has 6 nitrogen and oxygen atoms in total. The molecule has 2 rings (SSSR count). The van der Waals surface area contributed by atoms with Gasteiger partial charge in [-0.25, -0.2) is 0 Å². The molecule has 1 unspecified atom stereocenters. The lowest BCUT2D eigenvalue weighted by molar-refractivity contribution is -0.128. The Bertz CT molecular complexity index is 533. The topological polar surface area (TPSA) is 88.8 Å². The van der Waals surface area contributed by atoms with Crippen LogP contribution in [0.15, 0.2) is 21.5 Å². The summed E-state index contributed by atoms with van der Waals surface area (Å²) in [4.78, 5) is 23.8. The summed E-state index contributed by atoms with van der Waals surface area (Å²) in [6.07, 6.45) is 5.82. The van der Waals surface area contributed by atoms with Crippen molar-refractivity contribution in [3.8, 4) is 5.75 Å². The molecule has 2 N–H and O–H groups in total. The predicted molar refractivity (Wildman–Crippen MR) is 76.0 cm³/mol. The van der Waals surface area contributed by atoms with Crippen LogP contribution in [0.25, 0.3) is 0 Å². The van der Waals surface area contributed by atoms with Crippen LogP contribution < -0.4 is 15.5 Å². The standard InChI is InChI=1S/C15H21NO5/c1-10(15(19)16-11-5-3-2-4-6-11)21-14-9-20-12(8-17)7-13(14)18/h7,9-11,17H,2-6,8H2,1H3,(H,16,19). The van der Waals surface area contributed by atoms with Crippen LogP contribution in [-0.4, -0.2) is 23.2 Å². The van der Waals surface area contributed by atoms with E-state index < -0.39 is 11.5 Å². The van der Waals surface area contributed by atoms with E-state index in [0.717, 1.165) is 38.0 Å². The highest BCUT2D eigenvalue weighted by Gasteiger charge is 2.21. The number of nitrogens with one attached hydrogen (secondary N) is 1. The van der Waals surface area contributed by atoms with E-state index in [0.29, 0.717) is 0 Å². The monoisotopic (exact) mass is 295 g/mol. The van der Waals surface area contributed by atoms with Gasteiger partial charge in [0.15, 0.2) is 6.10 Å². The highest BCUT2D eigenvalue weighted by atomic mass is 16.5. The van der Waals surface area contributed by atoms with Crippen molar-refractivity contribution >= 4 is 5.91 Å². The van der Waals surface area contributed by atoms with E-state index in [9.17, 15) is 9.59 Å². The van der Waals surface area contributed by atoms with Gasteiger partial charge >= 0.3 is 0 Å². The van der Waals surface area contributed by atoms with Gasteiger partial charge in [0.05, 0.1) is 0 Å². The molecule has 0 radical (unpaired) electrons. The molecule has 1 aromatic rings. The van der Waals surface area contributed by atoms with Crippen molar-refractivity contribution in [2.75, 3.05) is 0 Å². The molecule has 1 aliphatic rings. The van der Waals surface area contributed by atoms with E-state index in [2.05, 4.69) is 5.32 Å². The zero-order chi connectivity index (χ0) is 15.2. The summed E-state index contributed by atoms with van der Waals surface area (Å²) in [6.45, 7) is 1.24. The first-order valence-electron chi connectivity index (χ1n) is 7.29. The number of hydrogen-bond acceptors (Lipinski definition) is 5. The van der Waals surface area contributed by atoms with Crippen LogP contribution >= 0.6 is 0 Å². The molecule has 0 aliphatic heterocycles. The van der Waals surface area contributed by atoms with Crippen LogP contribution in [0.5, 0.6) is 5.75 Å². The van der Waals surface area contributed by atoms with Crippen LogP contribution in [0, 0.1) is 0 Å². The fraction of sp³-hybridized carbons (Fsp3) is 0.600. The maximum absolute atomic E-state index is 12.0. The fourth-order valence-corrected chi connectivity index (χ4v) is 2.42. The minimum Gasteiger partial charge on any atom is -0.474 e. The second kappa shape index (κ2) is 7.26. The maximum Gasteiger partial charge on any atom is 0.261 e. The van der Waals surface area contributed by atoms with Gasteiger partial charge < -0.3 is 19.6 Å². The summed E-state index contributed by atoms with van der Waals surface area (Å²) in [5, 5.41) is 11.8. The quantitative estimate of drug-likeness (QED) is 0.856. The summed E-state index contributed by atoms with van der Waals surface area (Å²) in [7, 11) is 0. The Morgan fingerprint density at radius 3 is 2.81 bits per heavy atom. The second-order valence-electron chi connectivity index (χ2n) is 5.34. The molecule has 21 heavy (non-hydrogen) atoms. The van der Waals surface area contributed by atoms with Gasteiger partial charge in [0.25, 0.3) is 5.91 Å². The Hall–Kier alpha value is -1.82. The van der Waals surface area contributed by atoms with Gasteiger partial charge in [-0.1, -0.05) is 19.3 Å². The molecule has 0 bridgehead atoms. The number of aliphatic hydroxyl groups excluding tert-OH is 1. The van der Waals surface area contributed by atoms with Crippen molar-refractivity contribution in [3.63, 3.8) is 0 Å². The largest absolute Gasteiger partial charge is 0.474 e. The Labute approximate surface area is 123 Å². The van der Waals surface area contributed by atoms with Crippen molar-refractivity contribution in [1.29, 1.82) is 0 Å². The SMILES string of the molecule is CC(Oc1coc(CO)cc1=O)C(=O)NC1CCCCC1. The number of carbonyl (C=O) groups excluding carboxylic acids is 1. The molecule has 1 amide bonds. The number of carbonyl (C=O) groups is 1. The molecule has 1 aromatic heterocycles.